The van der Waals surface area contributed by atoms with E-state index in [2.05, 4.69) is 129 Å². The van der Waals surface area contributed by atoms with Crippen LogP contribution in [0.5, 0.6) is 5.75 Å². The van der Waals surface area contributed by atoms with Gasteiger partial charge in [-0.15, -0.1) is 0 Å². The Bertz CT molecular complexity index is 2830. The van der Waals surface area contributed by atoms with Gasteiger partial charge in [0.25, 0.3) is 0 Å². The molecule has 8 nitrogen and oxygen atoms in total. The maximum absolute atomic E-state index is 12.0. The Labute approximate surface area is 426 Å². The Morgan fingerprint density at radius 1 is 0.431 bits per heavy atom. The molecule has 72 heavy (non-hydrogen) atoms. The van der Waals surface area contributed by atoms with Gasteiger partial charge in [0, 0.05) is 51.3 Å². The number of unbranched alkanes of at least 4 members (excludes halogenated alkanes) is 2. The van der Waals surface area contributed by atoms with Crippen LogP contribution >= 0.6 is 0 Å². The smallest absolute Gasteiger partial charge is 0.119 e. The van der Waals surface area contributed by atoms with Crippen molar-refractivity contribution in [3.05, 3.63) is 185 Å². The molecule has 6 aromatic carbocycles. The molecule has 8 atom stereocenters. The number of benzene rings is 6. The Morgan fingerprint density at radius 3 is 1.61 bits per heavy atom. The zero-order valence-electron chi connectivity index (χ0n) is 42.1. The molecule has 10 rings (SSSR count). The summed E-state index contributed by atoms with van der Waals surface area (Å²) in [7, 11) is 0. The lowest BCUT2D eigenvalue weighted by Gasteiger charge is -2.43. The molecule has 0 amide bonds. The SMILES string of the molecule is CCCCOC1c2ccccc2-c2ccc(-c3ccc4c(c3)C(OCCCC)C(OCCCOc3ccccc3)c3cc(-c5ccc6c(c5)C(OCCCO)C(OCC)C5C=CC=CC65)ccc3-4)cc2C1O. The first-order valence-electron chi connectivity index (χ1n) is 26.6. The third-order valence-corrected chi connectivity index (χ3v) is 14.9. The van der Waals surface area contributed by atoms with Crippen molar-refractivity contribution >= 4 is 0 Å². The molecule has 8 unspecified atom stereocenters. The predicted molar refractivity (Wildman–Crippen MR) is 286 cm³/mol. The summed E-state index contributed by atoms with van der Waals surface area (Å²) < 4.78 is 39.9. The van der Waals surface area contributed by atoms with Crippen molar-refractivity contribution in [2.75, 3.05) is 46.2 Å². The maximum Gasteiger partial charge on any atom is 0.119 e. The molecular weight excluding hydrogens is 897 g/mol. The van der Waals surface area contributed by atoms with Gasteiger partial charge in [-0.3, -0.25) is 0 Å². The van der Waals surface area contributed by atoms with Gasteiger partial charge in [-0.05, 0) is 140 Å². The molecule has 0 bridgehead atoms. The maximum atomic E-state index is 12.0. The summed E-state index contributed by atoms with van der Waals surface area (Å²) in [5, 5.41) is 21.8. The molecule has 0 fully saturated rings. The van der Waals surface area contributed by atoms with E-state index in [9.17, 15) is 10.2 Å². The van der Waals surface area contributed by atoms with Crippen LogP contribution in [0.15, 0.2) is 152 Å². The fourth-order valence-corrected chi connectivity index (χ4v) is 11.3. The molecule has 4 aliphatic rings. The number of aliphatic hydroxyl groups is 2. The van der Waals surface area contributed by atoms with Gasteiger partial charge < -0.3 is 38.6 Å². The zero-order valence-corrected chi connectivity index (χ0v) is 42.1. The van der Waals surface area contributed by atoms with E-state index in [1.54, 1.807) is 0 Å². The Balaban J connectivity index is 1.04. The lowest BCUT2D eigenvalue weighted by Crippen LogP contribution is -2.40. The molecule has 4 aliphatic carbocycles. The number of fused-ring (bicyclic) bond motifs is 9. The summed E-state index contributed by atoms with van der Waals surface area (Å²) in [6, 6.07) is 45.1. The lowest BCUT2D eigenvalue weighted by atomic mass is 9.69. The number of allylic oxidation sites excluding steroid dienone is 3. The van der Waals surface area contributed by atoms with Gasteiger partial charge in [0.05, 0.1) is 19.3 Å². The quantitative estimate of drug-likeness (QED) is 0.0650. The van der Waals surface area contributed by atoms with Gasteiger partial charge in [0.15, 0.2) is 0 Å². The Hall–Kier alpha value is -5.68. The molecule has 0 saturated carbocycles. The molecule has 0 radical (unpaired) electrons. The van der Waals surface area contributed by atoms with Crippen LogP contribution in [0.3, 0.4) is 0 Å². The van der Waals surface area contributed by atoms with Crippen LogP contribution in [-0.4, -0.2) is 62.6 Å². The van der Waals surface area contributed by atoms with Gasteiger partial charge in [-0.1, -0.05) is 142 Å². The predicted octanol–water partition coefficient (Wildman–Crippen LogP) is 14.3. The fraction of sp³-hybridized carbons (Fsp3) is 0.375. The highest BCUT2D eigenvalue weighted by Crippen LogP contribution is 2.53. The van der Waals surface area contributed by atoms with E-state index in [0.717, 1.165) is 104 Å². The number of aliphatic hydroxyl groups excluding tert-OH is 2. The topological polar surface area (TPSA) is 95.8 Å². The highest BCUT2D eigenvalue weighted by atomic mass is 16.5. The van der Waals surface area contributed by atoms with Crippen LogP contribution < -0.4 is 4.74 Å². The van der Waals surface area contributed by atoms with Gasteiger partial charge in [-0.25, -0.2) is 0 Å². The van der Waals surface area contributed by atoms with Crippen LogP contribution in [0.25, 0.3) is 44.5 Å². The summed E-state index contributed by atoms with van der Waals surface area (Å²) in [6.07, 6.45) is 11.5. The third-order valence-electron chi connectivity index (χ3n) is 14.9. The number of ether oxygens (including phenoxy) is 6. The van der Waals surface area contributed by atoms with Crippen molar-refractivity contribution in [2.45, 2.75) is 102 Å². The van der Waals surface area contributed by atoms with E-state index in [1.165, 1.54) is 5.56 Å². The van der Waals surface area contributed by atoms with Crippen molar-refractivity contribution in [1.29, 1.82) is 0 Å². The van der Waals surface area contributed by atoms with Gasteiger partial charge in [0.2, 0.25) is 0 Å². The van der Waals surface area contributed by atoms with Crippen LogP contribution in [0.4, 0.5) is 0 Å². The van der Waals surface area contributed by atoms with E-state index < -0.39 is 24.4 Å². The van der Waals surface area contributed by atoms with Crippen molar-refractivity contribution < 1.29 is 38.6 Å². The molecule has 374 valence electrons. The normalized spacial score (nSPS) is 22.3. The average Bonchev–Trinajstić information content (AvgIpc) is 3.42. The first kappa shape index (κ1) is 49.9. The highest BCUT2D eigenvalue weighted by molar-refractivity contribution is 5.83. The van der Waals surface area contributed by atoms with E-state index in [1.807, 2.05) is 43.3 Å². The van der Waals surface area contributed by atoms with Crippen LogP contribution in [-0.2, 0) is 23.7 Å². The molecule has 0 aromatic heterocycles. The van der Waals surface area contributed by atoms with Crippen LogP contribution in [0.1, 0.15) is 129 Å². The first-order chi connectivity index (χ1) is 35.5. The first-order valence-corrected chi connectivity index (χ1v) is 26.6. The van der Waals surface area contributed by atoms with Crippen molar-refractivity contribution in [2.24, 2.45) is 5.92 Å². The minimum Gasteiger partial charge on any atom is -0.494 e. The minimum absolute atomic E-state index is 0.0721. The number of rotatable bonds is 22. The summed E-state index contributed by atoms with van der Waals surface area (Å²) in [5.41, 5.74) is 15.1. The second kappa shape index (κ2) is 23.5. The van der Waals surface area contributed by atoms with Crippen LogP contribution in [0, 0.1) is 5.92 Å². The molecule has 0 saturated heterocycles. The summed E-state index contributed by atoms with van der Waals surface area (Å²) in [5.74, 6) is 1.17. The van der Waals surface area contributed by atoms with Gasteiger partial charge >= 0.3 is 0 Å². The zero-order chi connectivity index (χ0) is 49.4. The molecule has 0 aliphatic heterocycles. The second-order valence-corrected chi connectivity index (χ2v) is 19.5. The monoisotopic (exact) mass is 967 g/mol. The third kappa shape index (κ3) is 10.3. The number of hydrogen-bond acceptors (Lipinski definition) is 8. The van der Waals surface area contributed by atoms with E-state index in [4.69, 9.17) is 28.4 Å². The Morgan fingerprint density at radius 2 is 0.958 bits per heavy atom. The summed E-state index contributed by atoms with van der Waals surface area (Å²) >= 11 is 0. The largest absolute Gasteiger partial charge is 0.494 e. The van der Waals surface area contributed by atoms with Crippen molar-refractivity contribution in [3.63, 3.8) is 0 Å². The van der Waals surface area contributed by atoms with E-state index in [0.29, 0.717) is 52.5 Å². The number of para-hydroxylation sites is 1. The second-order valence-electron chi connectivity index (χ2n) is 19.5. The van der Waals surface area contributed by atoms with Gasteiger partial charge in [0.1, 0.15) is 36.3 Å². The van der Waals surface area contributed by atoms with E-state index >= 15 is 0 Å². The minimum atomic E-state index is -0.803. The molecule has 6 aromatic rings. The standard InChI is InChI=1S/C64H70O8/c1-4-7-33-69-60-53-22-14-12-20-47(53)49-28-24-42(38-55(49)59(60)66)43-26-30-51-52-31-27-45(44-25-29-50-48-21-13-15-23-54(48)61(67-6-3)62(56(50)40-44)71-35-16-32-65)41-58(52)64(63(57(51)39-43)70-34-8-5-2)72-37-17-36-68-46-18-10-9-11-19-46/h9-15,18-31,38-41,48,54,59-66H,4-8,16-17,32-37H2,1-3H3. The number of hydrogen-bond donors (Lipinski definition) is 2. The molecule has 8 heteroatoms. The molecular formula is C64H70O8. The van der Waals surface area contributed by atoms with Crippen LogP contribution in [0.2, 0.25) is 0 Å². The van der Waals surface area contributed by atoms with E-state index in [-0.39, 0.29) is 30.7 Å². The molecule has 2 N–H and O–H groups in total. The molecule has 0 spiro atoms. The lowest BCUT2D eigenvalue weighted by molar-refractivity contribution is -0.100. The molecule has 0 heterocycles. The highest BCUT2D eigenvalue weighted by Gasteiger charge is 2.43. The summed E-state index contributed by atoms with van der Waals surface area (Å²) in [4.78, 5) is 0. The van der Waals surface area contributed by atoms with Crippen molar-refractivity contribution in [3.8, 4) is 50.3 Å². The Kier molecular flexibility index (Phi) is 16.3. The fourth-order valence-electron chi connectivity index (χ4n) is 11.3. The van der Waals surface area contributed by atoms with Gasteiger partial charge in [-0.2, -0.15) is 0 Å². The average molecular weight is 967 g/mol. The van der Waals surface area contributed by atoms with Crippen molar-refractivity contribution in [1.82, 2.24) is 0 Å². The summed E-state index contributed by atoms with van der Waals surface area (Å²) in [6.45, 7) is 9.68.